The lowest BCUT2D eigenvalue weighted by Crippen LogP contribution is -2.35. The topological polar surface area (TPSA) is 81.8 Å². The average molecular weight is 459 g/mol. The van der Waals surface area contributed by atoms with Gasteiger partial charge in [-0.25, -0.2) is 9.36 Å². The van der Waals surface area contributed by atoms with Gasteiger partial charge in [0.25, 0.3) is 5.56 Å². The molecule has 1 amide bonds. The van der Waals surface area contributed by atoms with Crippen LogP contribution >= 0.6 is 0 Å². The fourth-order valence-corrected chi connectivity index (χ4v) is 3.37. The highest BCUT2D eigenvalue weighted by molar-refractivity contribution is 5.90. The number of carbonyl (C=O) groups excluding carboxylic acids is 1. The maximum atomic E-state index is 13.4. The van der Waals surface area contributed by atoms with Crippen molar-refractivity contribution in [3.05, 3.63) is 69.8 Å². The number of benzene rings is 1. The molecule has 33 heavy (non-hydrogen) atoms. The highest BCUT2D eigenvalue weighted by Gasteiger charge is 2.37. The largest absolute Gasteiger partial charge is 0.421 e. The van der Waals surface area contributed by atoms with Crippen LogP contribution in [0.4, 0.5) is 19.0 Å². The lowest BCUT2D eigenvalue weighted by molar-refractivity contribution is -0.139. The number of nitrogens with one attached hydrogen (secondary N) is 1. The Hall–Kier alpha value is -3.43. The van der Waals surface area contributed by atoms with Gasteiger partial charge in [-0.15, -0.1) is 0 Å². The molecule has 2 aromatic heterocycles. The van der Waals surface area contributed by atoms with Crippen LogP contribution in [0.3, 0.4) is 0 Å². The van der Waals surface area contributed by atoms with Gasteiger partial charge in [-0.1, -0.05) is 39.0 Å². The quantitative estimate of drug-likeness (QED) is 0.618. The molecule has 1 fully saturated rings. The van der Waals surface area contributed by atoms with E-state index in [2.05, 4.69) is 15.5 Å². The van der Waals surface area contributed by atoms with E-state index in [4.69, 9.17) is 0 Å². The summed E-state index contributed by atoms with van der Waals surface area (Å²) >= 11 is 0. The van der Waals surface area contributed by atoms with E-state index in [1.807, 2.05) is 51.1 Å². The number of halogens is 3. The van der Waals surface area contributed by atoms with Crippen molar-refractivity contribution >= 4 is 11.7 Å². The molecule has 0 saturated heterocycles. The van der Waals surface area contributed by atoms with Gasteiger partial charge in [0.15, 0.2) is 0 Å². The van der Waals surface area contributed by atoms with Crippen molar-refractivity contribution in [3.63, 3.8) is 0 Å². The maximum absolute atomic E-state index is 13.4. The normalized spacial score (nSPS) is 14.4. The Morgan fingerprint density at radius 2 is 1.76 bits per heavy atom. The summed E-state index contributed by atoms with van der Waals surface area (Å²) in [7, 11) is 0. The van der Waals surface area contributed by atoms with E-state index < -0.39 is 29.8 Å². The minimum Gasteiger partial charge on any atom is -0.309 e. The lowest BCUT2D eigenvalue weighted by atomic mass is 9.92. The van der Waals surface area contributed by atoms with E-state index in [0.717, 1.165) is 6.07 Å². The molecule has 174 valence electrons. The second-order valence-electron chi connectivity index (χ2n) is 9.18. The fourth-order valence-electron chi connectivity index (χ4n) is 3.37. The molecule has 0 unspecified atom stereocenters. The highest BCUT2D eigenvalue weighted by Crippen LogP contribution is 2.40. The number of rotatable bonds is 5. The number of anilines is 1. The number of nitrogens with zero attached hydrogens (tertiary/aromatic N) is 4. The van der Waals surface area contributed by atoms with Crippen LogP contribution in [-0.2, 0) is 22.9 Å². The van der Waals surface area contributed by atoms with Crippen LogP contribution in [0.25, 0.3) is 5.69 Å². The molecule has 0 spiro atoms. The Morgan fingerprint density at radius 1 is 1.09 bits per heavy atom. The second kappa shape index (κ2) is 8.17. The van der Waals surface area contributed by atoms with Gasteiger partial charge in [-0.05, 0) is 31.0 Å². The van der Waals surface area contributed by atoms with Gasteiger partial charge in [0.05, 0.1) is 17.1 Å². The summed E-state index contributed by atoms with van der Waals surface area (Å²) < 4.78 is 42.3. The Balaban J connectivity index is 1.66. The van der Waals surface area contributed by atoms with Crippen LogP contribution in [-0.4, -0.2) is 25.5 Å². The summed E-state index contributed by atoms with van der Waals surface area (Å²) in [6.45, 7) is 5.28. The third kappa shape index (κ3) is 4.99. The van der Waals surface area contributed by atoms with Crippen LogP contribution in [0.5, 0.6) is 0 Å². The van der Waals surface area contributed by atoms with Gasteiger partial charge in [0.2, 0.25) is 5.91 Å². The van der Waals surface area contributed by atoms with Crippen molar-refractivity contribution in [3.8, 4) is 5.69 Å². The molecule has 7 nitrogen and oxygen atoms in total. The van der Waals surface area contributed by atoms with Crippen molar-refractivity contribution < 1.29 is 18.0 Å². The van der Waals surface area contributed by atoms with Crippen LogP contribution in [0.15, 0.2) is 47.3 Å². The molecule has 0 radical (unpaired) electrons. The van der Waals surface area contributed by atoms with Crippen LogP contribution in [0.1, 0.15) is 56.5 Å². The Morgan fingerprint density at radius 3 is 2.33 bits per heavy atom. The molecule has 2 heterocycles. The zero-order valence-electron chi connectivity index (χ0n) is 18.5. The third-order valence-electron chi connectivity index (χ3n) is 5.33. The molecule has 3 aromatic rings. The molecule has 1 aliphatic rings. The molecule has 1 aliphatic carbocycles. The van der Waals surface area contributed by atoms with Gasteiger partial charge in [-0.2, -0.15) is 23.4 Å². The first kappa shape index (κ1) is 22.8. The van der Waals surface area contributed by atoms with Crippen LogP contribution in [0, 0.1) is 0 Å². The fraction of sp³-hybridized carbons (Fsp3) is 0.391. The van der Waals surface area contributed by atoms with E-state index in [1.54, 1.807) is 10.7 Å². The first-order chi connectivity index (χ1) is 15.4. The first-order valence-electron chi connectivity index (χ1n) is 10.6. The van der Waals surface area contributed by atoms with Crippen molar-refractivity contribution in [1.82, 2.24) is 19.6 Å². The number of para-hydroxylation sites is 1. The molecular formula is C23H24F3N5O2. The van der Waals surface area contributed by atoms with Crippen molar-refractivity contribution in [2.75, 3.05) is 5.32 Å². The molecule has 0 aliphatic heterocycles. The number of alkyl halides is 3. The number of hydrogen-bond donors (Lipinski definition) is 1. The highest BCUT2D eigenvalue weighted by atomic mass is 19.4. The summed E-state index contributed by atoms with van der Waals surface area (Å²) in [5.74, 6) is -0.448. The number of carbonyl (C=O) groups is 1. The van der Waals surface area contributed by atoms with Crippen molar-refractivity contribution in [2.45, 2.75) is 57.7 Å². The SMILES string of the molecule is CC(C)(C)c1cc(NC(=O)Cn2nc(C3CC3)cc(C(F)(F)F)c2=O)n(-c2ccccc2)n1. The smallest absolute Gasteiger partial charge is 0.309 e. The Labute approximate surface area is 188 Å². The monoisotopic (exact) mass is 459 g/mol. The van der Waals surface area contributed by atoms with E-state index >= 15 is 0 Å². The van der Waals surface area contributed by atoms with Crippen molar-refractivity contribution in [1.29, 1.82) is 0 Å². The van der Waals surface area contributed by atoms with Gasteiger partial charge >= 0.3 is 6.18 Å². The van der Waals surface area contributed by atoms with E-state index in [0.29, 0.717) is 34.7 Å². The molecule has 0 atom stereocenters. The van der Waals surface area contributed by atoms with Crippen LogP contribution < -0.4 is 10.9 Å². The number of aromatic nitrogens is 4. The number of amides is 1. The van der Waals surface area contributed by atoms with Crippen molar-refractivity contribution in [2.24, 2.45) is 0 Å². The lowest BCUT2D eigenvalue weighted by Gasteiger charge is -2.14. The standard InChI is InChI=1S/C23H24F3N5O2/c1-22(2,3)18-12-19(31(29-18)15-7-5-4-6-8-15)27-20(32)13-30-21(33)16(23(24,25)26)11-17(28-30)14-9-10-14/h4-8,11-12,14H,9-10,13H2,1-3H3,(H,27,32). The van der Waals surface area contributed by atoms with E-state index in [9.17, 15) is 22.8 Å². The molecule has 1 saturated carbocycles. The Kier molecular flexibility index (Phi) is 5.63. The minimum absolute atomic E-state index is 0.116. The summed E-state index contributed by atoms with van der Waals surface area (Å²) in [4.78, 5) is 25.2. The van der Waals surface area contributed by atoms with Gasteiger partial charge in [-0.3, -0.25) is 9.59 Å². The summed E-state index contributed by atoms with van der Waals surface area (Å²) in [6.07, 6.45) is -3.41. The molecule has 4 rings (SSSR count). The molecule has 1 N–H and O–H groups in total. The second-order valence-corrected chi connectivity index (χ2v) is 9.18. The zero-order chi connectivity index (χ0) is 24.0. The van der Waals surface area contributed by atoms with E-state index in [-0.39, 0.29) is 17.0 Å². The van der Waals surface area contributed by atoms with Gasteiger partial charge in [0, 0.05) is 17.4 Å². The van der Waals surface area contributed by atoms with E-state index in [1.165, 1.54) is 0 Å². The average Bonchev–Trinajstić information content (AvgIpc) is 3.48. The first-order valence-corrected chi connectivity index (χ1v) is 10.6. The Bertz CT molecular complexity index is 1240. The summed E-state index contributed by atoms with van der Waals surface area (Å²) in [5.41, 5.74) is -1.36. The maximum Gasteiger partial charge on any atom is 0.421 e. The molecule has 10 heteroatoms. The predicted molar refractivity (Wildman–Crippen MR) is 116 cm³/mol. The minimum atomic E-state index is -4.82. The third-order valence-corrected chi connectivity index (χ3v) is 5.33. The summed E-state index contributed by atoms with van der Waals surface area (Å²) in [6, 6.07) is 11.6. The summed E-state index contributed by atoms with van der Waals surface area (Å²) in [5, 5.41) is 11.3. The van der Waals surface area contributed by atoms with Gasteiger partial charge < -0.3 is 5.32 Å². The molecule has 0 bridgehead atoms. The molecule has 1 aromatic carbocycles. The number of hydrogen-bond acceptors (Lipinski definition) is 4. The molecular weight excluding hydrogens is 435 g/mol. The van der Waals surface area contributed by atoms with Crippen LogP contribution in [0.2, 0.25) is 0 Å². The predicted octanol–water partition coefficient (Wildman–Crippen LogP) is 4.26. The zero-order valence-corrected chi connectivity index (χ0v) is 18.5. The van der Waals surface area contributed by atoms with Gasteiger partial charge in [0.1, 0.15) is 17.9 Å².